The number of Topliss-reactive ketones (excluding diaryl/α,β-unsaturated/α-hetero) is 1. The zero-order valence-electron chi connectivity index (χ0n) is 23.3. The molecular weight excluding hydrogens is 588 g/mol. The lowest BCUT2D eigenvalue weighted by atomic mass is 10.1. The molecule has 3 rings (SSSR count). The number of carboxylic acid groups (broad SMARTS) is 1. The van der Waals surface area contributed by atoms with Crippen LogP contribution in [0.2, 0.25) is 5.02 Å². The molecule has 0 saturated heterocycles. The van der Waals surface area contributed by atoms with Gasteiger partial charge in [0.15, 0.2) is 17.3 Å². The van der Waals surface area contributed by atoms with Crippen LogP contribution in [0.3, 0.4) is 0 Å². The van der Waals surface area contributed by atoms with Gasteiger partial charge in [0.25, 0.3) is 5.91 Å². The van der Waals surface area contributed by atoms with Crippen molar-refractivity contribution < 1.29 is 33.7 Å². The summed E-state index contributed by atoms with van der Waals surface area (Å²) in [5.41, 5.74) is 1.84. The molecule has 0 aliphatic rings. The molecule has 0 unspecified atom stereocenters. The van der Waals surface area contributed by atoms with Crippen molar-refractivity contribution in [3.05, 3.63) is 74.4 Å². The topological polar surface area (TPSA) is 114 Å². The first-order valence-electron chi connectivity index (χ1n) is 12.6. The molecular formula is C29H33ClN2O7S2. The smallest absolute Gasteiger partial charge is 0.305 e. The van der Waals surface area contributed by atoms with Gasteiger partial charge in [-0.05, 0) is 48.5 Å². The van der Waals surface area contributed by atoms with Crippen molar-refractivity contribution in [3.63, 3.8) is 0 Å². The summed E-state index contributed by atoms with van der Waals surface area (Å²) in [7, 11) is 6.64. The normalized spacial score (nSPS) is 11.7. The minimum atomic E-state index is -1.17. The highest BCUT2D eigenvalue weighted by atomic mass is 35.5. The number of carboxylic acids is 1. The number of nitrogens with zero attached hydrogens (tertiary/aromatic N) is 1. The summed E-state index contributed by atoms with van der Waals surface area (Å²) in [6, 6.07) is 13.5. The number of thiophene rings is 1. The van der Waals surface area contributed by atoms with Crippen LogP contribution < -0.4 is 19.5 Å². The van der Waals surface area contributed by atoms with Gasteiger partial charge in [-0.15, -0.1) is 23.1 Å². The van der Waals surface area contributed by atoms with Crippen LogP contribution in [0.15, 0.2) is 48.5 Å². The molecule has 0 fully saturated rings. The number of benzene rings is 2. The van der Waals surface area contributed by atoms with Crippen LogP contribution in [0, 0.1) is 0 Å². The molecule has 0 aliphatic heterocycles. The Kier molecular flexibility index (Phi) is 12.3. The Morgan fingerprint density at radius 1 is 1.02 bits per heavy atom. The van der Waals surface area contributed by atoms with Gasteiger partial charge in [0.1, 0.15) is 0 Å². The van der Waals surface area contributed by atoms with Crippen LogP contribution in [-0.2, 0) is 28.4 Å². The van der Waals surface area contributed by atoms with Crippen LogP contribution in [-0.4, -0.2) is 67.8 Å². The highest BCUT2D eigenvalue weighted by Crippen LogP contribution is 2.38. The van der Waals surface area contributed by atoms with E-state index in [0.29, 0.717) is 46.0 Å². The van der Waals surface area contributed by atoms with E-state index < -0.39 is 24.3 Å². The minimum Gasteiger partial charge on any atom is -0.493 e. The summed E-state index contributed by atoms with van der Waals surface area (Å²) in [6.07, 6.45) is -0.493. The Hall–Kier alpha value is -3.25. The maximum Gasteiger partial charge on any atom is 0.305 e. The van der Waals surface area contributed by atoms with E-state index in [1.807, 2.05) is 43.4 Å². The fourth-order valence-electron chi connectivity index (χ4n) is 4.07. The van der Waals surface area contributed by atoms with Crippen molar-refractivity contribution in [2.75, 3.05) is 34.1 Å². The Morgan fingerprint density at radius 3 is 2.32 bits per heavy atom. The van der Waals surface area contributed by atoms with Gasteiger partial charge in [-0.25, -0.2) is 0 Å². The summed E-state index contributed by atoms with van der Waals surface area (Å²) in [5, 5.41) is 12.5. The van der Waals surface area contributed by atoms with Crippen molar-refractivity contribution in [1.82, 2.24) is 10.2 Å². The zero-order chi connectivity index (χ0) is 29.9. The highest BCUT2D eigenvalue weighted by molar-refractivity contribution is 7.99. The maximum absolute atomic E-state index is 12.9. The Morgan fingerprint density at radius 2 is 1.71 bits per heavy atom. The minimum absolute atomic E-state index is 0.0465. The van der Waals surface area contributed by atoms with Gasteiger partial charge < -0.3 is 24.6 Å². The largest absolute Gasteiger partial charge is 0.493 e. The summed E-state index contributed by atoms with van der Waals surface area (Å²) in [5.74, 6) is 0.191. The Bertz CT molecular complexity index is 1340. The first-order chi connectivity index (χ1) is 19.6. The van der Waals surface area contributed by atoms with Crippen molar-refractivity contribution in [3.8, 4) is 17.2 Å². The number of methoxy groups -OCH3 is 3. The van der Waals surface area contributed by atoms with Gasteiger partial charge in [-0.1, -0.05) is 29.8 Å². The molecule has 0 saturated carbocycles. The van der Waals surface area contributed by atoms with Gasteiger partial charge in [0.2, 0.25) is 5.75 Å². The number of amides is 1. The summed E-state index contributed by atoms with van der Waals surface area (Å²) < 4.78 is 16.3. The first kappa shape index (κ1) is 32.3. The number of carbonyl (C=O) groups is 3. The third kappa shape index (κ3) is 9.39. The lowest BCUT2D eigenvalue weighted by Gasteiger charge is -2.18. The van der Waals surface area contributed by atoms with Gasteiger partial charge in [-0.2, -0.15) is 0 Å². The van der Waals surface area contributed by atoms with E-state index in [2.05, 4.69) is 10.2 Å². The summed E-state index contributed by atoms with van der Waals surface area (Å²) in [4.78, 5) is 40.6. The van der Waals surface area contributed by atoms with Gasteiger partial charge in [0.05, 0.1) is 44.4 Å². The molecule has 1 amide bonds. The molecule has 1 atom stereocenters. The predicted molar refractivity (Wildman–Crippen MR) is 162 cm³/mol. The number of nitrogens with one attached hydrogen (secondary N) is 1. The molecule has 2 N–H and O–H groups in total. The van der Waals surface area contributed by atoms with Gasteiger partial charge in [-0.3, -0.25) is 19.3 Å². The summed E-state index contributed by atoms with van der Waals surface area (Å²) >= 11 is 8.78. The molecule has 1 heterocycles. The molecule has 0 spiro atoms. The van der Waals surface area contributed by atoms with E-state index in [4.69, 9.17) is 25.8 Å². The lowest BCUT2D eigenvalue weighted by Crippen LogP contribution is -2.43. The van der Waals surface area contributed by atoms with E-state index in [-0.39, 0.29) is 11.5 Å². The predicted octanol–water partition coefficient (Wildman–Crippen LogP) is 5.13. The molecule has 9 nitrogen and oxygen atoms in total. The van der Waals surface area contributed by atoms with Crippen LogP contribution in [0.25, 0.3) is 0 Å². The molecule has 220 valence electrons. The summed E-state index contributed by atoms with van der Waals surface area (Å²) in [6.45, 7) is 1.14. The standard InChI is InChI=1S/C29H33ClN2O7S2/c1-32(14-18-11-24(37-2)28(39-4)25(12-18)38-3)15-20-9-10-26(41-20)29(36)31-22(13-27(34)35)23(33)17-40-16-19-7-5-6-8-21(19)30/h5-12,22H,13-17H2,1-4H3,(H,31,36)(H,34,35)/t22-/m0/s1. The Balaban J connectivity index is 1.59. The van der Waals surface area contributed by atoms with Crippen molar-refractivity contribution in [2.24, 2.45) is 0 Å². The maximum atomic E-state index is 12.9. The number of hydrogen-bond acceptors (Lipinski definition) is 9. The second-order valence-corrected chi connectivity index (χ2v) is 11.7. The lowest BCUT2D eigenvalue weighted by molar-refractivity contribution is -0.139. The fraction of sp³-hybridized carbons (Fsp3) is 0.345. The highest BCUT2D eigenvalue weighted by Gasteiger charge is 2.25. The second kappa shape index (κ2) is 15.7. The third-order valence-electron chi connectivity index (χ3n) is 6.02. The fourth-order valence-corrected chi connectivity index (χ4v) is 6.32. The number of halogens is 1. The molecule has 3 aromatic rings. The number of aliphatic carboxylic acids is 1. The molecule has 0 aliphatic carbocycles. The molecule has 0 radical (unpaired) electrons. The number of ether oxygens (including phenoxy) is 3. The van der Waals surface area contributed by atoms with E-state index in [0.717, 1.165) is 16.0 Å². The van der Waals surface area contributed by atoms with E-state index in [1.165, 1.54) is 23.1 Å². The SMILES string of the molecule is COc1cc(CN(C)Cc2ccc(C(=O)N[C@@H](CC(=O)O)C(=O)CSCc3ccccc3Cl)s2)cc(OC)c1OC. The van der Waals surface area contributed by atoms with Crippen LogP contribution in [0.5, 0.6) is 17.2 Å². The monoisotopic (exact) mass is 620 g/mol. The van der Waals surface area contributed by atoms with Crippen LogP contribution in [0.4, 0.5) is 0 Å². The van der Waals surface area contributed by atoms with Crippen LogP contribution >= 0.6 is 34.7 Å². The second-order valence-electron chi connectivity index (χ2n) is 9.15. The van der Waals surface area contributed by atoms with Gasteiger partial charge >= 0.3 is 5.97 Å². The van der Waals surface area contributed by atoms with E-state index in [9.17, 15) is 19.5 Å². The van der Waals surface area contributed by atoms with Gasteiger partial charge in [0, 0.05) is 28.7 Å². The van der Waals surface area contributed by atoms with Crippen molar-refractivity contribution in [1.29, 1.82) is 0 Å². The number of hydrogen-bond donors (Lipinski definition) is 2. The Labute approximate surface area is 252 Å². The number of ketones is 1. The molecule has 1 aromatic heterocycles. The third-order valence-corrected chi connectivity index (χ3v) is 8.46. The van der Waals surface area contributed by atoms with E-state index in [1.54, 1.807) is 33.5 Å². The van der Waals surface area contributed by atoms with Crippen molar-refractivity contribution >= 4 is 52.4 Å². The van der Waals surface area contributed by atoms with Crippen LogP contribution in [0.1, 0.15) is 32.1 Å². The number of carbonyl (C=O) groups excluding carboxylic acids is 2. The van der Waals surface area contributed by atoms with E-state index >= 15 is 0 Å². The average molecular weight is 621 g/mol. The zero-order valence-corrected chi connectivity index (χ0v) is 25.7. The number of thioether (sulfide) groups is 1. The molecule has 2 aromatic carbocycles. The molecule has 0 bridgehead atoms. The quantitative estimate of drug-likeness (QED) is 0.225. The average Bonchev–Trinajstić information content (AvgIpc) is 3.41. The molecule has 12 heteroatoms. The van der Waals surface area contributed by atoms with Crippen molar-refractivity contribution in [2.45, 2.75) is 31.3 Å². The number of rotatable bonds is 16. The first-order valence-corrected chi connectivity index (χ1v) is 14.9. The molecule has 41 heavy (non-hydrogen) atoms.